The molecule has 142 valence electrons. The van der Waals surface area contributed by atoms with Gasteiger partial charge in [-0.3, -0.25) is 9.78 Å². The summed E-state index contributed by atoms with van der Waals surface area (Å²) in [6.07, 6.45) is 11.4. The molecule has 2 fully saturated rings. The number of anilines is 1. The summed E-state index contributed by atoms with van der Waals surface area (Å²) in [7, 11) is 0. The van der Waals surface area contributed by atoms with E-state index in [1.165, 1.54) is 19.3 Å². The highest BCUT2D eigenvalue weighted by atomic mass is 16.2. The lowest BCUT2D eigenvalue weighted by Crippen LogP contribution is -2.38. The minimum atomic E-state index is 0.146. The van der Waals surface area contributed by atoms with Crippen molar-refractivity contribution in [1.29, 1.82) is 0 Å². The lowest BCUT2D eigenvalue weighted by molar-refractivity contribution is -0.130. The monoisotopic (exact) mass is 365 g/mol. The summed E-state index contributed by atoms with van der Waals surface area (Å²) in [5, 5.41) is 0. The summed E-state index contributed by atoms with van der Waals surface area (Å²) in [4.78, 5) is 30.2. The second-order valence-corrected chi connectivity index (χ2v) is 7.56. The standard InChI is InChI=1S/C21H27N5O/c1-16(27)26-12-6-8-18(15-26)20-19(17-7-5-9-22-13-17)14-23-21(24-20)25-10-3-2-4-11-25/h5,7,9,13-14,18H,2-4,6,8,10-12,15H2,1H3/t18-/m1/s1. The molecule has 0 saturated carbocycles. The minimum Gasteiger partial charge on any atom is -0.342 e. The average molecular weight is 365 g/mol. The third kappa shape index (κ3) is 3.94. The van der Waals surface area contributed by atoms with Crippen LogP contribution in [0.15, 0.2) is 30.7 Å². The molecule has 4 heterocycles. The summed E-state index contributed by atoms with van der Waals surface area (Å²) >= 11 is 0. The normalized spacial score (nSPS) is 20.6. The molecule has 2 aromatic heterocycles. The molecule has 27 heavy (non-hydrogen) atoms. The lowest BCUT2D eigenvalue weighted by atomic mass is 9.90. The van der Waals surface area contributed by atoms with Gasteiger partial charge in [0.1, 0.15) is 0 Å². The summed E-state index contributed by atoms with van der Waals surface area (Å²) in [6, 6.07) is 4.00. The van der Waals surface area contributed by atoms with Gasteiger partial charge in [-0.1, -0.05) is 6.07 Å². The van der Waals surface area contributed by atoms with Gasteiger partial charge in [0, 0.05) is 68.7 Å². The molecular weight excluding hydrogens is 338 g/mol. The minimum absolute atomic E-state index is 0.146. The van der Waals surface area contributed by atoms with E-state index in [4.69, 9.17) is 9.97 Å². The molecule has 2 saturated heterocycles. The Morgan fingerprint density at radius 3 is 2.70 bits per heavy atom. The van der Waals surface area contributed by atoms with E-state index >= 15 is 0 Å². The number of amides is 1. The van der Waals surface area contributed by atoms with Gasteiger partial charge < -0.3 is 9.80 Å². The van der Waals surface area contributed by atoms with Gasteiger partial charge in [0.2, 0.25) is 11.9 Å². The topological polar surface area (TPSA) is 62.2 Å². The van der Waals surface area contributed by atoms with Crippen LogP contribution in [0.1, 0.15) is 50.6 Å². The highest BCUT2D eigenvalue weighted by Crippen LogP contribution is 2.34. The van der Waals surface area contributed by atoms with Crippen molar-refractivity contribution in [3.05, 3.63) is 36.4 Å². The molecule has 4 rings (SSSR count). The maximum atomic E-state index is 11.9. The molecule has 0 aromatic carbocycles. The van der Waals surface area contributed by atoms with E-state index in [1.54, 1.807) is 13.1 Å². The van der Waals surface area contributed by atoms with Crippen LogP contribution in [-0.4, -0.2) is 51.9 Å². The number of hydrogen-bond acceptors (Lipinski definition) is 5. The van der Waals surface area contributed by atoms with Crippen LogP contribution in [0.3, 0.4) is 0 Å². The third-order valence-corrected chi connectivity index (χ3v) is 5.67. The zero-order valence-electron chi connectivity index (χ0n) is 16.0. The zero-order valence-corrected chi connectivity index (χ0v) is 16.0. The first-order valence-corrected chi connectivity index (χ1v) is 10.00. The van der Waals surface area contributed by atoms with Crippen LogP contribution in [0.4, 0.5) is 5.95 Å². The lowest BCUT2D eigenvalue weighted by Gasteiger charge is -2.33. The maximum absolute atomic E-state index is 11.9. The Balaban J connectivity index is 1.72. The summed E-state index contributed by atoms with van der Waals surface area (Å²) in [5.74, 6) is 1.22. The number of nitrogens with zero attached hydrogens (tertiary/aromatic N) is 5. The van der Waals surface area contributed by atoms with Crippen LogP contribution >= 0.6 is 0 Å². The Labute approximate surface area is 160 Å². The molecule has 1 amide bonds. The van der Waals surface area contributed by atoms with Gasteiger partial charge in [0.15, 0.2) is 0 Å². The molecule has 0 aliphatic carbocycles. The number of likely N-dealkylation sites (tertiary alicyclic amines) is 1. The molecule has 0 unspecified atom stereocenters. The summed E-state index contributed by atoms with van der Waals surface area (Å²) < 4.78 is 0. The fraction of sp³-hybridized carbons (Fsp3) is 0.524. The van der Waals surface area contributed by atoms with Gasteiger partial charge in [-0.05, 0) is 38.2 Å². The predicted molar refractivity (Wildman–Crippen MR) is 106 cm³/mol. The Bertz CT molecular complexity index is 788. The van der Waals surface area contributed by atoms with Crippen LogP contribution in [0.5, 0.6) is 0 Å². The summed E-state index contributed by atoms with van der Waals surface area (Å²) in [6.45, 7) is 5.28. The zero-order chi connectivity index (χ0) is 18.6. The smallest absolute Gasteiger partial charge is 0.225 e. The van der Waals surface area contributed by atoms with Crippen molar-refractivity contribution in [3.63, 3.8) is 0 Å². The number of aromatic nitrogens is 3. The van der Waals surface area contributed by atoms with E-state index in [0.29, 0.717) is 0 Å². The predicted octanol–water partition coefficient (Wildman–Crippen LogP) is 3.25. The second kappa shape index (κ2) is 8.03. The van der Waals surface area contributed by atoms with Gasteiger partial charge >= 0.3 is 0 Å². The first kappa shape index (κ1) is 17.9. The van der Waals surface area contributed by atoms with Gasteiger partial charge in [-0.25, -0.2) is 9.97 Å². The van der Waals surface area contributed by atoms with Crippen LogP contribution in [0.25, 0.3) is 11.1 Å². The van der Waals surface area contributed by atoms with Gasteiger partial charge in [-0.2, -0.15) is 0 Å². The Hall–Kier alpha value is -2.50. The molecule has 1 atom stereocenters. The van der Waals surface area contributed by atoms with Crippen molar-refractivity contribution in [1.82, 2.24) is 19.9 Å². The van der Waals surface area contributed by atoms with Gasteiger partial charge in [0.05, 0.1) is 5.69 Å². The van der Waals surface area contributed by atoms with Crippen molar-refractivity contribution < 1.29 is 4.79 Å². The molecule has 2 aliphatic heterocycles. The molecule has 6 heteroatoms. The van der Waals surface area contributed by atoms with Crippen molar-refractivity contribution in [2.24, 2.45) is 0 Å². The first-order valence-electron chi connectivity index (χ1n) is 10.00. The van der Waals surface area contributed by atoms with Crippen LogP contribution in [0.2, 0.25) is 0 Å². The molecule has 2 aromatic rings. The Kier molecular flexibility index (Phi) is 5.32. The quantitative estimate of drug-likeness (QED) is 0.835. The van der Waals surface area contributed by atoms with Gasteiger partial charge in [-0.15, -0.1) is 0 Å². The average Bonchev–Trinajstić information content (AvgIpc) is 2.74. The fourth-order valence-electron chi connectivity index (χ4n) is 4.17. The highest BCUT2D eigenvalue weighted by molar-refractivity contribution is 5.73. The Morgan fingerprint density at radius 1 is 1.11 bits per heavy atom. The van der Waals surface area contributed by atoms with Crippen molar-refractivity contribution in [3.8, 4) is 11.1 Å². The van der Waals surface area contributed by atoms with Crippen LogP contribution in [-0.2, 0) is 4.79 Å². The maximum Gasteiger partial charge on any atom is 0.225 e. The van der Waals surface area contributed by atoms with Crippen molar-refractivity contribution in [2.75, 3.05) is 31.1 Å². The number of piperidine rings is 2. The van der Waals surface area contributed by atoms with E-state index in [9.17, 15) is 4.79 Å². The van der Waals surface area contributed by atoms with E-state index in [2.05, 4.69) is 16.0 Å². The molecule has 0 spiro atoms. The molecular formula is C21H27N5O. The van der Waals surface area contributed by atoms with E-state index in [1.807, 2.05) is 23.4 Å². The number of carbonyl (C=O) groups excluding carboxylic acids is 1. The Morgan fingerprint density at radius 2 is 1.96 bits per heavy atom. The number of carbonyl (C=O) groups is 1. The van der Waals surface area contributed by atoms with E-state index < -0.39 is 0 Å². The van der Waals surface area contributed by atoms with Crippen LogP contribution in [0, 0.1) is 0 Å². The fourth-order valence-corrected chi connectivity index (χ4v) is 4.17. The largest absolute Gasteiger partial charge is 0.342 e. The van der Waals surface area contributed by atoms with Crippen molar-refractivity contribution >= 4 is 11.9 Å². The molecule has 0 N–H and O–H groups in total. The van der Waals surface area contributed by atoms with Gasteiger partial charge in [0.25, 0.3) is 0 Å². The molecule has 0 radical (unpaired) electrons. The SMILES string of the molecule is CC(=O)N1CCC[C@@H](c2nc(N3CCCCC3)ncc2-c2cccnc2)C1. The molecule has 0 bridgehead atoms. The van der Waals surface area contributed by atoms with Crippen molar-refractivity contribution in [2.45, 2.75) is 44.9 Å². The third-order valence-electron chi connectivity index (χ3n) is 5.67. The summed E-state index contributed by atoms with van der Waals surface area (Å²) in [5.41, 5.74) is 3.14. The molecule has 2 aliphatic rings. The molecule has 6 nitrogen and oxygen atoms in total. The van der Waals surface area contributed by atoms with E-state index in [0.717, 1.165) is 61.8 Å². The number of rotatable bonds is 3. The number of pyridine rings is 1. The number of hydrogen-bond donors (Lipinski definition) is 0. The first-order chi connectivity index (χ1) is 13.2. The highest BCUT2D eigenvalue weighted by Gasteiger charge is 2.27. The second-order valence-electron chi connectivity index (χ2n) is 7.56. The van der Waals surface area contributed by atoms with Crippen LogP contribution < -0.4 is 4.90 Å². The van der Waals surface area contributed by atoms with E-state index in [-0.39, 0.29) is 11.8 Å².